The molecule has 7 heteroatoms. The first kappa shape index (κ1) is 16.5. The normalized spacial score (nSPS) is 17.0. The molecule has 24 heavy (non-hydrogen) atoms. The van der Waals surface area contributed by atoms with Crippen LogP contribution in [0.5, 0.6) is 0 Å². The Morgan fingerprint density at radius 1 is 1.38 bits per heavy atom. The van der Waals surface area contributed by atoms with Crippen LogP contribution in [0, 0.1) is 0 Å². The molecule has 1 saturated heterocycles. The molecule has 128 valence electrons. The molecule has 7 nitrogen and oxygen atoms in total. The van der Waals surface area contributed by atoms with Crippen molar-refractivity contribution >= 4 is 5.91 Å². The smallest absolute Gasteiger partial charge is 0.261 e. The second-order valence-electron chi connectivity index (χ2n) is 6.04. The summed E-state index contributed by atoms with van der Waals surface area (Å²) in [5.41, 5.74) is -0.745. The maximum Gasteiger partial charge on any atom is 0.261 e. The fourth-order valence-electron chi connectivity index (χ4n) is 2.93. The van der Waals surface area contributed by atoms with Crippen molar-refractivity contribution in [1.29, 1.82) is 0 Å². The topological polar surface area (TPSA) is 95.8 Å². The van der Waals surface area contributed by atoms with Gasteiger partial charge in [0.15, 0.2) is 0 Å². The molecule has 0 aliphatic carbocycles. The Bertz CT molecular complexity index is 758. The van der Waals surface area contributed by atoms with Crippen LogP contribution >= 0.6 is 0 Å². The third-order valence-corrected chi connectivity index (χ3v) is 4.32. The molecule has 2 aromatic rings. The van der Waals surface area contributed by atoms with E-state index < -0.39 is 11.2 Å². The number of nitrogens with zero attached hydrogens (tertiary/aromatic N) is 1. The number of nitrogens with one attached hydrogen (secondary N) is 1. The number of rotatable bonds is 4. The quantitative estimate of drug-likeness (QED) is 0.878. The van der Waals surface area contributed by atoms with E-state index in [9.17, 15) is 14.7 Å². The van der Waals surface area contributed by atoms with Gasteiger partial charge in [-0.25, -0.2) is 0 Å². The minimum absolute atomic E-state index is 0.0856. The molecule has 0 aromatic carbocycles. The number of carbonyl (C=O) groups excluding carboxylic acids is 1. The number of piperidine rings is 1. The summed E-state index contributed by atoms with van der Waals surface area (Å²) in [4.78, 5) is 29.0. The standard InChI is InChI=1S/C17H20N2O5/c1-23-11-17(22)6-8-19(9-7-17)16(21)12-4-5-13(18-15(12)20)14-3-2-10-24-14/h2-5,10,22H,6-9,11H2,1H3,(H,18,20). The summed E-state index contributed by atoms with van der Waals surface area (Å²) in [6.45, 7) is 1.02. The van der Waals surface area contributed by atoms with Crippen LogP contribution in [-0.2, 0) is 4.74 Å². The van der Waals surface area contributed by atoms with Crippen molar-refractivity contribution in [2.45, 2.75) is 18.4 Å². The molecule has 1 aliphatic heterocycles. The van der Waals surface area contributed by atoms with Gasteiger partial charge < -0.3 is 24.1 Å². The van der Waals surface area contributed by atoms with Gasteiger partial charge in [-0.1, -0.05) is 0 Å². The van der Waals surface area contributed by atoms with Gasteiger partial charge in [-0.3, -0.25) is 9.59 Å². The number of aromatic amines is 1. The number of furan rings is 1. The Morgan fingerprint density at radius 2 is 2.12 bits per heavy atom. The monoisotopic (exact) mass is 332 g/mol. The number of H-pyrrole nitrogens is 1. The maximum absolute atomic E-state index is 12.6. The molecule has 0 unspecified atom stereocenters. The Labute approximate surface area is 138 Å². The average molecular weight is 332 g/mol. The van der Waals surface area contributed by atoms with Gasteiger partial charge in [0, 0.05) is 20.2 Å². The number of pyridine rings is 1. The van der Waals surface area contributed by atoms with Crippen molar-refractivity contribution in [2.75, 3.05) is 26.8 Å². The number of ether oxygens (including phenoxy) is 1. The lowest BCUT2D eigenvalue weighted by atomic mass is 9.92. The van der Waals surface area contributed by atoms with Gasteiger partial charge in [-0.15, -0.1) is 0 Å². The lowest BCUT2D eigenvalue weighted by molar-refractivity contribution is -0.0662. The van der Waals surface area contributed by atoms with Crippen molar-refractivity contribution in [2.24, 2.45) is 0 Å². The molecule has 2 N–H and O–H groups in total. The Hall–Kier alpha value is -2.38. The first-order valence-electron chi connectivity index (χ1n) is 7.80. The predicted molar refractivity (Wildman–Crippen MR) is 86.7 cm³/mol. The molecule has 2 aromatic heterocycles. The minimum Gasteiger partial charge on any atom is -0.463 e. The summed E-state index contributed by atoms with van der Waals surface area (Å²) in [5.74, 6) is 0.204. The number of methoxy groups -OCH3 is 1. The van der Waals surface area contributed by atoms with Crippen molar-refractivity contribution < 1.29 is 19.1 Å². The first-order valence-corrected chi connectivity index (χ1v) is 7.80. The van der Waals surface area contributed by atoms with Gasteiger partial charge in [-0.05, 0) is 37.1 Å². The molecule has 0 atom stereocenters. The molecular formula is C17H20N2O5. The molecule has 1 fully saturated rings. The highest BCUT2D eigenvalue weighted by molar-refractivity contribution is 5.94. The van der Waals surface area contributed by atoms with E-state index in [4.69, 9.17) is 9.15 Å². The highest BCUT2D eigenvalue weighted by Crippen LogP contribution is 2.23. The molecular weight excluding hydrogens is 312 g/mol. The SMILES string of the molecule is COCC1(O)CCN(C(=O)c2ccc(-c3ccco3)[nH]c2=O)CC1. The summed E-state index contributed by atoms with van der Waals surface area (Å²) in [6, 6.07) is 6.61. The molecule has 1 aliphatic rings. The largest absolute Gasteiger partial charge is 0.463 e. The van der Waals surface area contributed by atoms with Crippen molar-refractivity contribution in [3.05, 3.63) is 46.4 Å². The van der Waals surface area contributed by atoms with E-state index in [1.165, 1.54) is 19.4 Å². The third-order valence-electron chi connectivity index (χ3n) is 4.32. The molecule has 0 saturated carbocycles. The van der Waals surface area contributed by atoms with Crippen LogP contribution in [-0.4, -0.2) is 53.3 Å². The number of hydrogen-bond donors (Lipinski definition) is 2. The summed E-state index contributed by atoms with van der Waals surface area (Å²) in [7, 11) is 1.54. The second kappa shape index (κ2) is 6.62. The number of amides is 1. The summed E-state index contributed by atoms with van der Waals surface area (Å²) < 4.78 is 10.2. The molecule has 0 radical (unpaired) electrons. The van der Waals surface area contributed by atoms with Crippen molar-refractivity contribution in [1.82, 2.24) is 9.88 Å². The second-order valence-corrected chi connectivity index (χ2v) is 6.04. The molecule has 3 heterocycles. The Balaban J connectivity index is 1.73. The van der Waals surface area contributed by atoms with E-state index in [2.05, 4.69) is 4.98 Å². The summed E-state index contributed by atoms with van der Waals surface area (Å²) >= 11 is 0. The zero-order valence-corrected chi connectivity index (χ0v) is 13.4. The van der Waals surface area contributed by atoms with E-state index in [1.807, 2.05) is 0 Å². The number of aromatic nitrogens is 1. The van der Waals surface area contributed by atoms with Gasteiger partial charge in [-0.2, -0.15) is 0 Å². The Kier molecular flexibility index (Phi) is 4.55. The summed E-state index contributed by atoms with van der Waals surface area (Å²) in [5, 5.41) is 10.3. The van der Waals surface area contributed by atoms with Gasteiger partial charge >= 0.3 is 0 Å². The zero-order valence-electron chi connectivity index (χ0n) is 13.4. The predicted octanol–water partition coefficient (Wildman–Crippen LogP) is 1.25. The number of likely N-dealkylation sites (tertiary alicyclic amines) is 1. The fraction of sp³-hybridized carbons (Fsp3) is 0.412. The van der Waals surface area contributed by atoms with E-state index in [-0.39, 0.29) is 18.1 Å². The maximum atomic E-state index is 12.6. The lowest BCUT2D eigenvalue weighted by Crippen LogP contribution is -2.49. The molecule has 1 amide bonds. The van der Waals surface area contributed by atoms with Crippen LogP contribution in [0.1, 0.15) is 23.2 Å². The van der Waals surface area contributed by atoms with Gasteiger partial charge in [0.2, 0.25) is 0 Å². The average Bonchev–Trinajstić information content (AvgIpc) is 3.09. The highest BCUT2D eigenvalue weighted by Gasteiger charge is 2.34. The van der Waals surface area contributed by atoms with Gasteiger partial charge in [0.05, 0.1) is 24.2 Å². The summed E-state index contributed by atoms with van der Waals surface area (Å²) in [6.07, 6.45) is 2.37. The van der Waals surface area contributed by atoms with Crippen LogP contribution in [0.25, 0.3) is 11.5 Å². The minimum atomic E-state index is -0.902. The molecule has 0 spiro atoms. The zero-order chi connectivity index (χ0) is 17.2. The molecule has 3 rings (SSSR count). The van der Waals surface area contributed by atoms with E-state index in [1.54, 1.807) is 23.1 Å². The number of carbonyl (C=O) groups is 1. The highest BCUT2D eigenvalue weighted by atomic mass is 16.5. The third kappa shape index (κ3) is 3.27. The van der Waals surface area contributed by atoms with Crippen molar-refractivity contribution in [3.63, 3.8) is 0 Å². The van der Waals surface area contributed by atoms with Crippen LogP contribution in [0.15, 0.2) is 39.7 Å². The van der Waals surface area contributed by atoms with E-state index in [0.29, 0.717) is 37.4 Å². The number of hydrogen-bond acceptors (Lipinski definition) is 5. The first-order chi connectivity index (χ1) is 11.5. The lowest BCUT2D eigenvalue weighted by Gasteiger charge is -2.37. The van der Waals surface area contributed by atoms with Gasteiger partial charge in [0.25, 0.3) is 11.5 Å². The molecule has 0 bridgehead atoms. The van der Waals surface area contributed by atoms with Gasteiger partial charge in [0.1, 0.15) is 11.3 Å². The van der Waals surface area contributed by atoms with Crippen molar-refractivity contribution in [3.8, 4) is 11.5 Å². The van der Waals surface area contributed by atoms with Crippen LogP contribution in [0.4, 0.5) is 0 Å². The van der Waals surface area contributed by atoms with E-state index in [0.717, 1.165) is 0 Å². The van der Waals surface area contributed by atoms with Crippen LogP contribution in [0.2, 0.25) is 0 Å². The van der Waals surface area contributed by atoms with Crippen LogP contribution < -0.4 is 5.56 Å². The fourth-order valence-corrected chi connectivity index (χ4v) is 2.93. The Morgan fingerprint density at radius 3 is 2.71 bits per heavy atom. The van der Waals surface area contributed by atoms with E-state index >= 15 is 0 Å². The van der Waals surface area contributed by atoms with Crippen LogP contribution in [0.3, 0.4) is 0 Å². The number of aliphatic hydroxyl groups is 1.